The molecule has 1 atom stereocenters. The average Bonchev–Trinajstić information content (AvgIpc) is 3.09. The largest absolute Gasteiger partial charge is 0.454 e. The molecule has 0 spiro atoms. The van der Waals surface area contributed by atoms with Gasteiger partial charge < -0.3 is 20.1 Å². The summed E-state index contributed by atoms with van der Waals surface area (Å²) in [5, 5.41) is 0. The minimum atomic E-state index is -0.446. The van der Waals surface area contributed by atoms with Crippen LogP contribution in [-0.4, -0.2) is 36.6 Å². The molecule has 2 aromatic carbocycles. The van der Waals surface area contributed by atoms with E-state index in [2.05, 4.69) is 0 Å². The van der Waals surface area contributed by atoms with Crippen LogP contribution in [0.5, 0.6) is 11.5 Å². The number of likely N-dealkylation sites (N-methyl/N-ethyl adjacent to an activating group) is 1. The number of para-hydroxylation sites is 1. The van der Waals surface area contributed by atoms with Gasteiger partial charge in [0.2, 0.25) is 12.7 Å². The first-order valence-corrected chi connectivity index (χ1v) is 8.04. The molecular weight excluding hydrogens is 320 g/mol. The van der Waals surface area contributed by atoms with Crippen LogP contribution in [-0.2, 0) is 11.2 Å². The van der Waals surface area contributed by atoms with Crippen molar-refractivity contribution in [2.45, 2.75) is 18.9 Å². The van der Waals surface area contributed by atoms with Crippen LogP contribution in [0.1, 0.15) is 22.3 Å². The number of primary amides is 1. The second kappa shape index (κ2) is 7.25. The highest BCUT2D eigenvalue weighted by Crippen LogP contribution is 2.36. The second-order valence-corrected chi connectivity index (χ2v) is 5.97. The standard InChI is InChI=1S/C19H20N2O4/c1-21(14(11-17(20)22)10-13-6-3-2-4-7-13)19(23)15-8-5-9-16-18(15)25-12-24-16/h2-9,14H,10-12H2,1H3,(H2,20,22)/t14-/m1/s1. The fourth-order valence-corrected chi connectivity index (χ4v) is 2.92. The molecule has 6 heteroatoms. The molecule has 3 rings (SSSR count). The maximum atomic E-state index is 13.0. The van der Waals surface area contributed by atoms with Gasteiger partial charge in [-0.15, -0.1) is 0 Å². The molecule has 1 heterocycles. The maximum absolute atomic E-state index is 13.0. The highest BCUT2D eigenvalue weighted by molar-refractivity contribution is 5.98. The number of amides is 2. The lowest BCUT2D eigenvalue weighted by Gasteiger charge is -2.28. The molecule has 0 aromatic heterocycles. The number of nitrogens with two attached hydrogens (primary N) is 1. The minimum Gasteiger partial charge on any atom is -0.454 e. The first kappa shape index (κ1) is 16.8. The molecular formula is C19H20N2O4. The van der Waals surface area contributed by atoms with Crippen molar-refractivity contribution in [2.75, 3.05) is 13.8 Å². The zero-order valence-corrected chi connectivity index (χ0v) is 14.0. The zero-order valence-electron chi connectivity index (χ0n) is 14.0. The number of benzene rings is 2. The van der Waals surface area contributed by atoms with E-state index in [0.29, 0.717) is 23.5 Å². The van der Waals surface area contributed by atoms with E-state index in [1.807, 2.05) is 30.3 Å². The monoisotopic (exact) mass is 340 g/mol. The summed E-state index contributed by atoms with van der Waals surface area (Å²) in [5.41, 5.74) is 6.84. The van der Waals surface area contributed by atoms with Gasteiger partial charge in [-0.2, -0.15) is 0 Å². The van der Waals surface area contributed by atoms with Crippen LogP contribution in [0.15, 0.2) is 48.5 Å². The van der Waals surface area contributed by atoms with Gasteiger partial charge in [0.05, 0.1) is 5.56 Å². The number of hydrogen-bond acceptors (Lipinski definition) is 4. The lowest BCUT2D eigenvalue weighted by atomic mass is 10.0. The molecule has 2 aromatic rings. The molecule has 0 saturated carbocycles. The molecule has 2 amide bonds. The van der Waals surface area contributed by atoms with Crippen molar-refractivity contribution in [3.05, 3.63) is 59.7 Å². The van der Waals surface area contributed by atoms with Crippen molar-refractivity contribution in [3.63, 3.8) is 0 Å². The zero-order chi connectivity index (χ0) is 17.8. The Morgan fingerprint density at radius 1 is 1.12 bits per heavy atom. The predicted molar refractivity (Wildman–Crippen MR) is 92.4 cm³/mol. The molecule has 0 aliphatic carbocycles. The predicted octanol–water partition coefficient (Wildman–Crippen LogP) is 1.97. The Morgan fingerprint density at radius 3 is 2.60 bits per heavy atom. The Kier molecular flexibility index (Phi) is 4.88. The summed E-state index contributed by atoms with van der Waals surface area (Å²) in [4.78, 5) is 26.0. The van der Waals surface area contributed by atoms with Crippen LogP contribution in [0.3, 0.4) is 0 Å². The molecule has 25 heavy (non-hydrogen) atoms. The summed E-state index contributed by atoms with van der Waals surface area (Å²) in [6.07, 6.45) is 0.627. The van der Waals surface area contributed by atoms with E-state index in [4.69, 9.17) is 15.2 Å². The van der Waals surface area contributed by atoms with Crippen LogP contribution >= 0.6 is 0 Å². The fraction of sp³-hybridized carbons (Fsp3) is 0.263. The van der Waals surface area contributed by atoms with E-state index in [1.54, 1.807) is 30.1 Å². The van der Waals surface area contributed by atoms with E-state index >= 15 is 0 Å². The molecule has 0 unspecified atom stereocenters. The maximum Gasteiger partial charge on any atom is 0.257 e. The smallest absolute Gasteiger partial charge is 0.257 e. The Morgan fingerprint density at radius 2 is 1.88 bits per heavy atom. The van der Waals surface area contributed by atoms with Gasteiger partial charge in [-0.25, -0.2) is 0 Å². The quantitative estimate of drug-likeness (QED) is 0.872. The van der Waals surface area contributed by atoms with Crippen LogP contribution in [0, 0.1) is 0 Å². The van der Waals surface area contributed by atoms with E-state index in [0.717, 1.165) is 5.56 Å². The summed E-state index contributed by atoms with van der Waals surface area (Å²) >= 11 is 0. The van der Waals surface area contributed by atoms with Crippen molar-refractivity contribution >= 4 is 11.8 Å². The highest BCUT2D eigenvalue weighted by atomic mass is 16.7. The summed E-state index contributed by atoms with van der Waals surface area (Å²) in [5.74, 6) is 0.314. The molecule has 130 valence electrons. The molecule has 6 nitrogen and oxygen atoms in total. The third-order valence-corrected chi connectivity index (χ3v) is 4.25. The molecule has 0 radical (unpaired) electrons. The molecule has 1 aliphatic rings. The van der Waals surface area contributed by atoms with E-state index in [1.165, 1.54) is 0 Å². The average molecular weight is 340 g/mol. The van der Waals surface area contributed by atoms with Crippen molar-refractivity contribution < 1.29 is 19.1 Å². The van der Waals surface area contributed by atoms with Gasteiger partial charge in [0.15, 0.2) is 11.5 Å². The van der Waals surface area contributed by atoms with Gasteiger partial charge in [0.1, 0.15) is 0 Å². The van der Waals surface area contributed by atoms with Gasteiger partial charge in [0, 0.05) is 19.5 Å². The number of carbonyl (C=O) groups excluding carboxylic acids is 2. The van der Waals surface area contributed by atoms with Crippen LogP contribution in [0.4, 0.5) is 0 Å². The van der Waals surface area contributed by atoms with E-state index in [9.17, 15) is 9.59 Å². The number of nitrogens with zero attached hydrogens (tertiary/aromatic N) is 1. The van der Waals surface area contributed by atoms with Gasteiger partial charge in [-0.3, -0.25) is 9.59 Å². The number of rotatable bonds is 6. The molecule has 1 aliphatic heterocycles. The first-order chi connectivity index (χ1) is 12.1. The Bertz CT molecular complexity index is 776. The number of hydrogen-bond donors (Lipinski definition) is 1. The topological polar surface area (TPSA) is 81.9 Å². The van der Waals surface area contributed by atoms with Gasteiger partial charge in [-0.1, -0.05) is 36.4 Å². The summed E-state index contributed by atoms with van der Waals surface area (Å²) in [6, 6.07) is 14.5. The lowest BCUT2D eigenvalue weighted by Crippen LogP contribution is -2.41. The van der Waals surface area contributed by atoms with Crippen molar-refractivity contribution in [2.24, 2.45) is 5.73 Å². The lowest BCUT2D eigenvalue weighted by molar-refractivity contribution is -0.118. The number of ether oxygens (including phenoxy) is 2. The number of carbonyl (C=O) groups is 2. The normalized spacial score (nSPS) is 13.3. The number of fused-ring (bicyclic) bond motifs is 1. The van der Waals surface area contributed by atoms with Crippen molar-refractivity contribution in [3.8, 4) is 11.5 Å². The van der Waals surface area contributed by atoms with Crippen molar-refractivity contribution in [1.82, 2.24) is 4.90 Å². The molecule has 0 saturated heterocycles. The Balaban J connectivity index is 1.84. The van der Waals surface area contributed by atoms with E-state index in [-0.39, 0.29) is 25.2 Å². The van der Waals surface area contributed by atoms with Gasteiger partial charge in [-0.05, 0) is 24.1 Å². The first-order valence-electron chi connectivity index (χ1n) is 8.04. The van der Waals surface area contributed by atoms with E-state index < -0.39 is 5.91 Å². The molecule has 0 fully saturated rings. The fourth-order valence-electron chi connectivity index (χ4n) is 2.92. The van der Waals surface area contributed by atoms with Gasteiger partial charge in [0.25, 0.3) is 5.91 Å². The molecule has 2 N–H and O–H groups in total. The highest BCUT2D eigenvalue weighted by Gasteiger charge is 2.28. The summed E-state index contributed by atoms with van der Waals surface area (Å²) < 4.78 is 10.7. The Hall–Kier alpha value is -3.02. The summed E-state index contributed by atoms with van der Waals surface area (Å²) in [7, 11) is 1.67. The third-order valence-electron chi connectivity index (χ3n) is 4.25. The van der Waals surface area contributed by atoms with Crippen LogP contribution in [0.2, 0.25) is 0 Å². The van der Waals surface area contributed by atoms with Crippen LogP contribution in [0.25, 0.3) is 0 Å². The Labute approximate surface area is 146 Å². The molecule has 0 bridgehead atoms. The van der Waals surface area contributed by atoms with Crippen LogP contribution < -0.4 is 15.2 Å². The summed E-state index contributed by atoms with van der Waals surface area (Å²) in [6.45, 7) is 0.0953. The third kappa shape index (κ3) is 3.74. The van der Waals surface area contributed by atoms with Gasteiger partial charge >= 0.3 is 0 Å². The van der Waals surface area contributed by atoms with Crippen molar-refractivity contribution in [1.29, 1.82) is 0 Å². The second-order valence-electron chi connectivity index (χ2n) is 5.97. The minimum absolute atomic E-state index is 0.0868. The SMILES string of the molecule is CN(C(=O)c1cccc2c1OCO2)[C@@H](CC(N)=O)Cc1ccccc1.